The molecular weight excluding hydrogens is 372 g/mol. The SMILES string of the molecule is C[C@@H](NC(=O)c1ccc(Br)c(O)c1)C1(N2CCOCC2)CCCC1. The number of carbonyl (C=O) groups excluding carboxylic acids is 1. The zero-order valence-electron chi connectivity index (χ0n) is 14.1. The summed E-state index contributed by atoms with van der Waals surface area (Å²) >= 11 is 3.24. The second-order valence-electron chi connectivity index (χ2n) is 6.77. The number of carbonyl (C=O) groups is 1. The molecule has 1 saturated carbocycles. The first kappa shape index (κ1) is 17.7. The fourth-order valence-corrected chi connectivity index (χ4v) is 4.33. The summed E-state index contributed by atoms with van der Waals surface area (Å²) in [6.45, 7) is 5.50. The number of hydrogen-bond acceptors (Lipinski definition) is 4. The second-order valence-corrected chi connectivity index (χ2v) is 7.63. The minimum absolute atomic E-state index is 0.0247. The van der Waals surface area contributed by atoms with Crippen LogP contribution in [0.2, 0.25) is 0 Å². The first-order valence-corrected chi connectivity index (χ1v) is 9.44. The van der Waals surface area contributed by atoms with Crippen LogP contribution in [0.5, 0.6) is 5.75 Å². The molecule has 1 aliphatic heterocycles. The molecule has 3 rings (SSSR count). The molecule has 0 unspecified atom stereocenters. The maximum Gasteiger partial charge on any atom is 0.251 e. The first-order valence-electron chi connectivity index (χ1n) is 8.65. The van der Waals surface area contributed by atoms with E-state index in [4.69, 9.17) is 4.74 Å². The van der Waals surface area contributed by atoms with E-state index in [-0.39, 0.29) is 23.2 Å². The van der Waals surface area contributed by atoms with E-state index in [1.165, 1.54) is 18.9 Å². The average molecular weight is 397 g/mol. The zero-order valence-corrected chi connectivity index (χ0v) is 15.6. The minimum Gasteiger partial charge on any atom is -0.507 e. The van der Waals surface area contributed by atoms with Crippen LogP contribution in [-0.4, -0.2) is 53.8 Å². The molecule has 1 amide bonds. The highest BCUT2D eigenvalue weighted by Crippen LogP contribution is 2.38. The molecule has 6 heteroatoms. The number of benzene rings is 1. The van der Waals surface area contributed by atoms with Gasteiger partial charge in [-0.3, -0.25) is 9.69 Å². The number of phenolic OH excluding ortho intramolecular Hbond substituents is 1. The van der Waals surface area contributed by atoms with E-state index < -0.39 is 0 Å². The Morgan fingerprint density at radius 1 is 1.33 bits per heavy atom. The standard InChI is InChI=1S/C18H25BrN2O3/c1-13(20-17(23)14-4-5-15(19)16(22)12-14)18(6-2-3-7-18)21-8-10-24-11-9-21/h4-5,12-13,22H,2-3,6-11H2,1H3,(H,20,23)/t13-/m1/s1. The van der Waals surface area contributed by atoms with Crippen molar-refractivity contribution in [2.45, 2.75) is 44.2 Å². The summed E-state index contributed by atoms with van der Waals surface area (Å²) in [4.78, 5) is 15.1. The molecule has 1 aliphatic carbocycles. The van der Waals surface area contributed by atoms with Crippen molar-refractivity contribution in [3.63, 3.8) is 0 Å². The molecule has 24 heavy (non-hydrogen) atoms. The van der Waals surface area contributed by atoms with E-state index in [2.05, 4.69) is 33.1 Å². The summed E-state index contributed by atoms with van der Waals surface area (Å²) in [5.74, 6) is -0.0519. The zero-order chi connectivity index (χ0) is 17.2. The van der Waals surface area contributed by atoms with Gasteiger partial charge in [0.15, 0.2) is 0 Å². The van der Waals surface area contributed by atoms with Crippen molar-refractivity contribution in [3.05, 3.63) is 28.2 Å². The lowest BCUT2D eigenvalue weighted by Gasteiger charge is -2.47. The smallest absolute Gasteiger partial charge is 0.251 e. The van der Waals surface area contributed by atoms with Gasteiger partial charge in [-0.05, 0) is 53.9 Å². The van der Waals surface area contributed by atoms with Crippen molar-refractivity contribution in [1.29, 1.82) is 0 Å². The quantitative estimate of drug-likeness (QED) is 0.820. The Labute approximate surface area is 151 Å². The van der Waals surface area contributed by atoms with Gasteiger partial charge in [0.2, 0.25) is 0 Å². The number of nitrogens with zero attached hydrogens (tertiary/aromatic N) is 1. The number of amides is 1. The Morgan fingerprint density at radius 3 is 2.62 bits per heavy atom. The van der Waals surface area contributed by atoms with Crippen molar-refractivity contribution in [1.82, 2.24) is 10.2 Å². The Kier molecular flexibility index (Phi) is 5.47. The van der Waals surface area contributed by atoms with Gasteiger partial charge in [0, 0.05) is 30.2 Å². The van der Waals surface area contributed by atoms with Gasteiger partial charge in [-0.2, -0.15) is 0 Å². The Hall–Kier alpha value is -1.11. The maximum atomic E-state index is 12.6. The van der Waals surface area contributed by atoms with Crippen molar-refractivity contribution >= 4 is 21.8 Å². The monoisotopic (exact) mass is 396 g/mol. The molecule has 0 radical (unpaired) electrons. The van der Waals surface area contributed by atoms with Crippen LogP contribution in [-0.2, 0) is 4.74 Å². The number of phenols is 1. The summed E-state index contributed by atoms with van der Waals surface area (Å²) in [5.41, 5.74) is 0.509. The molecule has 0 bridgehead atoms. The summed E-state index contributed by atoms with van der Waals surface area (Å²) < 4.78 is 6.09. The van der Waals surface area contributed by atoms with Gasteiger partial charge in [-0.1, -0.05) is 12.8 Å². The Bertz CT molecular complexity index is 596. The molecular formula is C18H25BrN2O3. The van der Waals surface area contributed by atoms with Gasteiger partial charge >= 0.3 is 0 Å². The van der Waals surface area contributed by atoms with E-state index in [1.807, 2.05) is 0 Å². The van der Waals surface area contributed by atoms with Crippen LogP contribution >= 0.6 is 15.9 Å². The molecule has 132 valence electrons. The highest BCUT2D eigenvalue weighted by atomic mass is 79.9. The van der Waals surface area contributed by atoms with Gasteiger partial charge in [-0.15, -0.1) is 0 Å². The molecule has 1 atom stereocenters. The molecule has 0 aromatic heterocycles. The van der Waals surface area contributed by atoms with Crippen LogP contribution < -0.4 is 5.32 Å². The Morgan fingerprint density at radius 2 is 2.00 bits per heavy atom. The lowest BCUT2D eigenvalue weighted by atomic mass is 9.86. The lowest BCUT2D eigenvalue weighted by Crippen LogP contribution is -2.62. The summed E-state index contributed by atoms with van der Waals surface area (Å²) in [7, 11) is 0. The normalized spacial score (nSPS) is 22.2. The molecule has 2 N–H and O–H groups in total. The third-order valence-electron chi connectivity index (χ3n) is 5.47. The summed E-state index contributed by atoms with van der Waals surface area (Å²) in [6, 6.07) is 4.98. The van der Waals surface area contributed by atoms with Gasteiger partial charge in [-0.25, -0.2) is 0 Å². The topological polar surface area (TPSA) is 61.8 Å². The number of hydrogen-bond donors (Lipinski definition) is 2. The van der Waals surface area contributed by atoms with E-state index >= 15 is 0 Å². The van der Waals surface area contributed by atoms with Crippen LogP contribution in [0, 0.1) is 0 Å². The largest absolute Gasteiger partial charge is 0.507 e. The molecule has 2 fully saturated rings. The lowest BCUT2D eigenvalue weighted by molar-refractivity contribution is -0.0323. The van der Waals surface area contributed by atoms with Gasteiger partial charge in [0.25, 0.3) is 5.91 Å². The van der Waals surface area contributed by atoms with Crippen molar-refractivity contribution in [2.75, 3.05) is 26.3 Å². The predicted molar refractivity (Wildman–Crippen MR) is 96.3 cm³/mol. The molecule has 1 heterocycles. The van der Waals surface area contributed by atoms with E-state index in [0.29, 0.717) is 10.0 Å². The molecule has 0 spiro atoms. The molecule has 5 nitrogen and oxygen atoms in total. The van der Waals surface area contributed by atoms with Crippen LogP contribution in [0.15, 0.2) is 22.7 Å². The molecule has 1 saturated heterocycles. The molecule has 1 aromatic rings. The van der Waals surface area contributed by atoms with Crippen molar-refractivity contribution in [2.24, 2.45) is 0 Å². The van der Waals surface area contributed by atoms with Gasteiger partial charge < -0.3 is 15.2 Å². The first-order chi connectivity index (χ1) is 11.5. The number of rotatable bonds is 4. The highest BCUT2D eigenvalue weighted by Gasteiger charge is 2.45. The fraction of sp³-hybridized carbons (Fsp3) is 0.611. The number of morpholine rings is 1. The van der Waals surface area contributed by atoms with Crippen LogP contribution in [0.1, 0.15) is 43.0 Å². The molecule has 1 aromatic carbocycles. The third-order valence-corrected chi connectivity index (χ3v) is 6.14. The Balaban J connectivity index is 1.74. The molecule has 2 aliphatic rings. The number of aromatic hydroxyl groups is 1. The van der Waals surface area contributed by atoms with E-state index in [1.54, 1.807) is 12.1 Å². The summed E-state index contributed by atoms with van der Waals surface area (Å²) in [6.07, 6.45) is 4.63. The second kappa shape index (κ2) is 7.42. The highest BCUT2D eigenvalue weighted by molar-refractivity contribution is 9.10. The van der Waals surface area contributed by atoms with Crippen LogP contribution in [0.3, 0.4) is 0 Å². The fourth-order valence-electron chi connectivity index (χ4n) is 4.09. The van der Waals surface area contributed by atoms with Gasteiger partial charge in [0.1, 0.15) is 5.75 Å². The van der Waals surface area contributed by atoms with E-state index in [9.17, 15) is 9.90 Å². The third kappa shape index (κ3) is 3.46. The maximum absolute atomic E-state index is 12.6. The predicted octanol–water partition coefficient (Wildman–Crippen LogP) is 2.92. The van der Waals surface area contributed by atoms with Crippen LogP contribution in [0.4, 0.5) is 0 Å². The minimum atomic E-state index is -0.134. The van der Waals surface area contributed by atoms with Crippen molar-refractivity contribution < 1.29 is 14.6 Å². The van der Waals surface area contributed by atoms with E-state index in [0.717, 1.165) is 39.1 Å². The number of nitrogens with one attached hydrogen (secondary N) is 1. The summed E-state index contributed by atoms with van der Waals surface area (Å²) in [5, 5.41) is 13.0. The average Bonchev–Trinajstić information content (AvgIpc) is 3.09. The van der Waals surface area contributed by atoms with Crippen LogP contribution in [0.25, 0.3) is 0 Å². The number of ether oxygens (including phenoxy) is 1. The van der Waals surface area contributed by atoms with Crippen molar-refractivity contribution in [3.8, 4) is 5.75 Å². The number of halogens is 1. The van der Waals surface area contributed by atoms with Gasteiger partial charge in [0.05, 0.1) is 17.7 Å².